The Balaban J connectivity index is 1.85. The molecule has 0 saturated heterocycles. The van der Waals surface area contributed by atoms with Gasteiger partial charge in [0.25, 0.3) is 0 Å². The number of rotatable bonds is 5. The van der Waals surface area contributed by atoms with Gasteiger partial charge in [-0.25, -0.2) is 4.79 Å². The third-order valence-electron chi connectivity index (χ3n) is 4.80. The molecule has 1 heterocycles. The normalized spacial score (nSPS) is 16.9. The minimum atomic E-state index is -1.05. The number of nitrogens with zero attached hydrogens (tertiary/aromatic N) is 1. The van der Waals surface area contributed by atoms with E-state index in [2.05, 4.69) is 5.32 Å². The Morgan fingerprint density at radius 3 is 2.44 bits per heavy atom. The predicted molar refractivity (Wildman–Crippen MR) is 99.9 cm³/mol. The first-order valence-electron chi connectivity index (χ1n) is 8.89. The number of nitrogens with one attached hydrogen (secondary N) is 1. The van der Waals surface area contributed by atoms with E-state index in [-0.39, 0.29) is 18.2 Å². The zero-order valence-corrected chi connectivity index (χ0v) is 15.1. The third kappa shape index (κ3) is 4.16. The fraction of sp³-hybridized carbons (Fsp3) is 0.286. The second-order valence-electron chi connectivity index (χ2n) is 6.64. The lowest BCUT2D eigenvalue weighted by Crippen LogP contribution is -2.44. The minimum Gasteiger partial charge on any atom is -0.479 e. The second-order valence-corrected chi connectivity index (χ2v) is 6.64. The van der Waals surface area contributed by atoms with E-state index >= 15 is 0 Å². The molecule has 2 atom stereocenters. The number of fused-ring (bicyclic) bond motifs is 1. The molecule has 0 aromatic heterocycles. The Hall–Kier alpha value is -3.15. The maximum atomic E-state index is 13.0. The molecule has 2 unspecified atom stereocenters. The Kier molecular flexibility index (Phi) is 5.54. The number of benzene rings is 2. The van der Waals surface area contributed by atoms with E-state index in [4.69, 9.17) is 0 Å². The summed E-state index contributed by atoms with van der Waals surface area (Å²) in [6, 6.07) is 15.0. The van der Waals surface area contributed by atoms with Crippen LogP contribution in [-0.2, 0) is 20.8 Å². The summed E-state index contributed by atoms with van der Waals surface area (Å²) in [6.45, 7) is 1.74. The van der Waals surface area contributed by atoms with E-state index in [9.17, 15) is 19.5 Å². The molecule has 0 fully saturated rings. The standard InChI is InChI=1S/C21H22N2O4/c1-14(24)22-18(16-8-3-2-4-9-16)13-19(25)23-12-11-15-7-5-6-10-17(15)20(23)21(26)27/h2-10,18,20H,11-13H2,1H3,(H,22,24)(H,26,27). The van der Waals surface area contributed by atoms with Gasteiger partial charge in [0.05, 0.1) is 12.5 Å². The number of carbonyl (C=O) groups excluding carboxylic acids is 2. The van der Waals surface area contributed by atoms with Gasteiger partial charge in [0.1, 0.15) is 0 Å². The van der Waals surface area contributed by atoms with Gasteiger partial charge in [0, 0.05) is 13.5 Å². The number of hydrogen-bond donors (Lipinski definition) is 2. The number of hydrogen-bond acceptors (Lipinski definition) is 3. The molecule has 2 aromatic rings. The lowest BCUT2D eigenvalue weighted by molar-refractivity contribution is -0.151. The van der Waals surface area contributed by atoms with E-state index in [1.165, 1.54) is 11.8 Å². The van der Waals surface area contributed by atoms with Crippen molar-refractivity contribution in [1.29, 1.82) is 0 Å². The van der Waals surface area contributed by atoms with Gasteiger partial charge in [-0.1, -0.05) is 54.6 Å². The number of carboxylic acid groups (broad SMARTS) is 1. The van der Waals surface area contributed by atoms with Crippen molar-refractivity contribution in [3.63, 3.8) is 0 Å². The van der Waals surface area contributed by atoms with Crippen molar-refractivity contribution in [2.45, 2.75) is 31.8 Å². The number of aliphatic carboxylic acids is 1. The van der Waals surface area contributed by atoms with Crippen molar-refractivity contribution in [2.75, 3.05) is 6.54 Å². The average Bonchev–Trinajstić information content (AvgIpc) is 2.66. The van der Waals surface area contributed by atoms with Crippen LogP contribution in [-0.4, -0.2) is 34.3 Å². The first-order valence-corrected chi connectivity index (χ1v) is 8.89. The van der Waals surface area contributed by atoms with Crippen LogP contribution in [0.1, 0.15) is 42.1 Å². The van der Waals surface area contributed by atoms with E-state index in [0.29, 0.717) is 18.5 Å². The molecular weight excluding hydrogens is 344 g/mol. The average molecular weight is 366 g/mol. The SMILES string of the molecule is CC(=O)NC(CC(=O)N1CCc2ccccc2C1C(=O)O)c1ccccc1. The lowest BCUT2D eigenvalue weighted by Gasteiger charge is -2.35. The molecule has 1 aliphatic heterocycles. The summed E-state index contributed by atoms with van der Waals surface area (Å²) in [6.07, 6.45) is 0.622. The zero-order valence-electron chi connectivity index (χ0n) is 15.1. The molecule has 0 spiro atoms. The predicted octanol–water partition coefficient (Wildman–Crippen LogP) is 2.46. The van der Waals surface area contributed by atoms with Crippen molar-refractivity contribution in [2.24, 2.45) is 0 Å². The highest BCUT2D eigenvalue weighted by Gasteiger charge is 2.36. The van der Waals surface area contributed by atoms with Gasteiger partial charge in [-0.05, 0) is 23.1 Å². The van der Waals surface area contributed by atoms with Gasteiger partial charge in [-0.3, -0.25) is 9.59 Å². The Bertz CT molecular complexity index is 850. The van der Waals surface area contributed by atoms with Gasteiger partial charge in [-0.2, -0.15) is 0 Å². The topological polar surface area (TPSA) is 86.7 Å². The molecule has 140 valence electrons. The highest BCUT2D eigenvalue weighted by atomic mass is 16.4. The summed E-state index contributed by atoms with van der Waals surface area (Å²) in [4.78, 5) is 37.9. The first-order chi connectivity index (χ1) is 13.0. The van der Waals surface area contributed by atoms with Gasteiger partial charge in [-0.15, -0.1) is 0 Å². The summed E-state index contributed by atoms with van der Waals surface area (Å²) in [5, 5.41) is 12.5. The molecule has 1 aliphatic rings. The number of carboxylic acids is 1. The first kappa shape index (κ1) is 18.6. The van der Waals surface area contributed by atoms with Gasteiger partial charge in [0.15, 0.2) is 6.04 Å². The summed E-state index contributed by atoms with van der Waals surface area (Å²) in [7, 11) is 0. The third-order valence-corrected chi connectivity index (χ3v) is 4.80. The molecule has 0 aliphatic carbocycles. The smallest absolute Gasteiger partial charge is 0.331 e. The molecule has 2 aromatic carbocycles. The van der Waals surface area contributed by atoms with Crippen LogP contribution in [0, 0.1) is 0 Å². The van der Waals surface area contributed by atoms with E-state index < -0.39 is 18.1 Å². The fourth-order valence-corrected chi connectivity index (χ4v) is 3.58. The molecule has 0 bridgehead atoms. The van der Waals surface area contributed by atoms with Crippen LogP contribution in [0.5, 0.6) is 0 Å². The summed E-state index contributed by atoms with van der Waals surface area (Å²) in [5.41, 5.74) is 2.42. The number of carbonyl (C=O) groups is 3. The molecule has 2 amide bonds. The minimum absolute atomic E-state index is 0.00946. The Morgan fingerprint density at radius 1 is 1.11 bits per heavy atom. The van der Waals surface area contributed by atoms with E-state index in [1.807, 2.05) is 42.5 Å². The van der Waals surface area contributed by atoms with Crippen molar-refractivity contribution < 1.29 is 19.5 Å². The lowest BCUT2D eigenvalue weighted by atomic mass is 9.91. The van der Waals surface area contributed by atoms with Crippen LogP contribution in [0.3, 0.4) is 0 Å². The van der Waals surface area contributed by atoms with E-state index in [1.54, 1.807) is 12.1 Å². The number of amides is 2. The van der Waals surface area contributed by atoms with Crippen LogP contribution in [0.4, 0.5) is 0 Å². The van der Waals surface area contributed by atoms with Crippen molar-refractivity contribution in [3.05, 3.63) is 71.3 Å². The Labute approximate surface area is 157 Å². The molecular formula is C21H22N2O4. The fourth-order valence-electron chi connectivity index (χ4n) is 3.58. The van der Waals surface area contributed by atoms with Crippen molar-refractivity contribution >= 4 is 17.8 Å². The van der Waals surface area contributed by atoms with Crippen LogP contribution >= 0.6 is 0 Å². The van der Waals surface area contributed by atoms with Crippen LogP contribution < -0.4 is 5.32 Å². The summed E-state index contributed by atoms with van der Waals surface area (Å²) < 4.78 is 0. The Morgan fingerprint density at radius 2 is 1.78 bits per heavy atom. The van der Waals surface area contributed by atoms with Crippen LogP contribution in [0.15, 0.2) is 54.6 Å². The molecule has 3 rings (SSSR count). The molecule has 6 heteroatoms. The molecule has 27 heavy (non-hydrogen) atoms. The summed E-state index contributed by atoms with van der Waals surface area (Å²) >= 11 is 0. The van der Waals surface area contributed by atoms with Gasteiger partial charge in [0.2, 0.25) is 11.8 Å². The van der Waals surface area contributed by atoms with E-state index in [0.717, 1.165) is 11.1 Å². The molecule has 0 radical (unpaired) electrons. The maximum absolute atomic E-state index is 13.0. The van der Waals surface area contributed by atoms with Crippen LogP contribution in [0.2, 0.25) is 0 Å². The highest BCUT2D eigenvalue weighted by molar-refractivity contribution is 5.86. The monoisotopic (exact) mass is 366 g/mol. The molecule has 0 saturated carbocycles. The molecule has 2 N–H and O–H groups in total. The quantitative estimate of drug-likeness (QED) is 0.851. The molecule has 6 nitrogen and oxygen atoms in total. The van der Waals surface area contributed by atoms with Crippen LogP contribution in [0.25, 0.3) is 0 Å². The second kappa shape index (κ2) is 8.03. The van der Waals surface area contributed by atoms with Crippen molar-refractivity contribution in [3.8, 4) is 0 Å². The van der Waals surface area contributed by atoms with Crippen molar-refractivity contribution in [1.82, 2.24) is 10.2 Å². The highest BCUT2D eigenvalue weighted by Crippen LogP contribution is 2.31. The largest absolute Gasteiger partial charge is 0.479 e. The zero-order chi connectivity index (χ0) is 19.4. The maximum Gasteiger partial charge on any atom is 0.331 e. The van der Waals surface area contributed by atoms with Gasteiger partial charge >= 0.3 is 5.97 Å². The van der Waals surface area contributed by atoms with Gasteiger partial charge < -0.3 is 15.3 Å². The summed E-state index contributed by atoms with van der Waals surface area (Å²) in [5.74, 6) is -1.58.